The van der Waals surface area contributed by atoms with Gasteiger partial charge in [0.05, 0.1) is 6.54 Å². The summed E-state index contributed by atoms with van der Waals surface area (Å²) in [6, 6.07) is 0. The van der Waals surface area contributed by atoms with Crippen molar-refractivity contribution in [2.24, 2.45) is 5.73 Å². The fourth-order valence-electron chi connectivity index (χ4n) is 2.96. The van der Waals surface area contributed by atoms with Crippen LogP contribution >= 0.6 is 0 Å². The highest BCUT2D eigenvalue weighted by molar-refractivity contribution is 5.73. The van der Waals surface area contributed by atoms with Crippen molar-refractivity contribution in [2.45, 2.75) is 43.7 Å². The van der Waals surface area contributed by atoms with E-state index >= 15 is 0 Å². The number of primary amides is 1. The van der Waals surface area contributed by atoms with Crippen LogP contribution < -0.4 is 11.1 Å². The minimum Gasteiger partial charge on any atom is -0.370 e. The lowest BCUT2D eigenvalue weighted by Crippen LogP contribution is -2.61. The number of aromatic nitrogens is 3. The molecule has 0 aromatic carbocycles. The number of carbonyl (C=O) groups excluding carboxylic acids is 2. The minimum absolute atomic E-state index is 0.0803. The van der Waals surface area contributed by atoms with E-state index in [4.69, 9.17) is 5.73 Å². The first kappa shape index (κ1) is 17.3. The highest BCUT2D eigenvalue weighted by Gasteiger charge is 2.47. The molecule has 1 atom stereocenters. The van der Waals surface area contributed by atoms with E-state index in [1.807, 2.05) is 0 Å². The van der Waals surface area contributed by atoms with Gasteiger partial charge in [-0.1, -0.05) is 0 Å². The van der Waals surface area contributed by atoms with Crippen LogP contribution in [0.25, 0.3) is 0 Å². The monoisotopic (exact) mass is 330 g/mol. The van der Waals surface area contributed by atoms with Crippen molar-refractivity contribution >= 4 is 12.3 Å². The normalized spacial score (nSPS) is 20.6. The highest BCUT2D eigenvalue weighted by atomic mass is 19.3. The van der Waals surface area contributed by atoms with Crippen LogP contribution in [0, 0.1) is 0 Å². The van der Waals surface area contributed by atoms with Crippen molar-refractivity contribution in [3.8, 4) is 0 Å². The number of piperidine rings is 1. The van der Waals surface area contributed by atoms with Gasteiger partial charge in [0.2, 0.25) is 12.3 Å². The molecule has 23 heavy (non-hydrogen) atoms. The average molecular weight is 330 g/mol. The molecule has 1 saturated heterocycles. The number of hydrogen-bond donors (Lipinski definition) is 3. The van der Waals surface area contributed by atoms with Crippen molar-refractivity contribution in [2.75, 3.05) is 13.1 Å². The number of halogens is 2. The molecule has 0 bridgehead atoms. The number of rotatable bonds is 8. The molecule has 0 saturated carbocycles. The Morgan fingerprint density at radius 1 is 1.61 bits per heavy atom. The third-order valence-corrected chi connectivity index (χ3v) is 3.98. The van der Waals surface area contributed by atoms with Crippen LogP contribution in [-0.2, 0) is 15.3 Å². The second kappa shape index (κ2) is 6.99. The fourth-order valence-corrected chi connectivity index (χ4v) is 2.96. The molecule has 2 amide bonds. The molecule has 1 aromatic heterocycles. The molecule has 1 fully saturated rings. The average Bonchev–Trinajstić information content (AvgIpc) is 2.99. The van der Waals surface area contributed by atoms with Crippen molar-refractivity contribution in [3.63, 3.8) is 0 Å². The van der Waals surface area contributed by atoms with Crippen LogP contribution in [0.15, 0.2) is 6.33 Å². The lowest BCUT2D eigenvalue weighted by Gasteiger charge is -2.45. The van der Waals surface area contributed by atoms with E-state index in [2.05, 4.69) is 20.5 Å². The Morgan fingerprint density at radius 2 is 2.39 bits per heavy atom. The van der Waals surface area contributed by atoms with E-state index < -0.39 is 24.0 Å². The number of nitrogens with zero attached hydrogens (tertiary/aromatic N) is 3. The summed E-state index contributed by atoms with van der Waals surface area (Å²) < 4.78 is 27.7. The van der Waals surface area contributed by atoms with Gasteiger partial charge in [-0.15, -0.1) is 0 Å². The second-order valence-electron chi connectivity index (χ2n) is 5.65. The molecule has 1 aromatic rings. The Kier molecular flexibility index (Phi) is 5.24. The standard InChI is InChI=1S/C13H20F2N6O2/c14-12(15)4-2-6-21(7-12)13(18-9-22,5-1-3-10(16)23)11-17-8-19-20-11/h8-9H,1-7H2,(H2,16,23)(H,18,22)(H,17,19,20). The summed E-state index contributed by atoms with van der Waals surface area (Å²) in [4.78, 5) is 27.6. The molecule has 2 heterocycles. The van der Waals surface area contributed by atoms with Crippen LogP contribution in [0.2, 0.25) is 0 Å². The van der Waals surface area contributed by atoms with Gasteiger partial charge < -0.3 is 11.1 Å². The van der Waals surface area contributed by atoms with Crippen molar-refractivity contribution in [1.29, 1.82) is 0 Å². The zero-order valence-electron chi connectivity index (χ0n) is 12.6. The maximum Gasteiger partial charge on any atom is 0.260 e. The quantitative estimate of drug-likeness (QED) is 0.584. The molecule has 4 N–H and O–H groups in total. The molecule has 8 nitrogen and oxygen atoms in total. The molecule has 2 rings (SSSR count). The van der Waals surface area contributed by atoms with Crippen LogP contribution in [0.1, 0.15) is 37.9 Å². The predicted molar refractivity (Wildman–Crippen MR) is 76.1 cm³/mol. The first-order valence-electron chi connectivity index (χ1n) is 7.38. The van der Waals surface area contributed by atoms with Gasteiger partial charge in [0.25, 0.3) is 5.92 Å². The van der Waals surface area contributed by atoms with Gasteiger partial charge in [-0.2, -0.15) is 5.10 Å². The smallest absolute Gasteiger partial charge is 0.260 e. The lowest BCUT2D eigenvalue weighted by atomic mass is 9.95. The number of carbonyl (C=O) groups is 2. The van der Waals surface area contributed by atoms with Crippen LogP contribution in [0.4, 0.5) is 8.78 Å². The Labute approximate surface area is 131 Å². The third-order valence-electron chi connectivity index (χ3n) is 3.98. The molecule has 0 aliphatic carbocycles. The van der Waals surface area contributed by atoms with E-state index in [9.17, 15) is 18.4 Å². The Morgan fingerprint density at radius 3 is 2.96 bits per heavy atom. The summed E-state index contributed by atoms with van der Waals surface area (Å²) in [5.41, 5.74) is 3.85. The summed E-state index contributed by atoms with van der Waals surface area (Å²) in [5, 5.41) is 9.09. The molecule has 10 heteroatoms. The van der Waals surface area contributed by atoms with E-state index in [1.165, 1.54) is 11.2 Å². The summed E-state index contributed by atoms with van der Waals surface area (Å²) in [6.07, 6.45) is 2.43. The largest absolute Gasteiger partial charge is 0.370 e. The van der Waals surface area contributed by atoms with Gasteiger partial charge >= 0.3 is 0 Å². The predicted octanol–water partition coefficient (Wildman–Crippen LogP) is 0.0902. The van der Waals surface area contributed by atoms with E-state index in [0.717, 1.165) is 0 Å². The summed E-state index contributed by atoms with van der Waals surface area (Å²) in [7, 11) is 0. The number of alkyl halides is 2. The molecule has 0 spiro atoms. The maximum absolute atomic E-state index is 13.8. The number of nitrogens with two attached hydrogens (primary N) is 1. The second-order valence-corrected chi connectivity index (χ2v) is 5.65. The molecular formula is C13H20F2N6O2. The van der Waals surface area contributed by atoms with E-state index in [0.29, 0.717) is 19.4 Å². The Balaban J connectivity index is 2.31. The summed E-state index contributed by atoms with van der Waals surface area (Å²) in [5.74, 6) is -3.16. The summed E-state index contributed by atoms with van der Waals surface area (Å²) >= 11 is 0. The molecule has 0 radical (unpaired) electrons. The maximum atomic E-state index is 13.8. The van der Waals surface area contributed by atoms with Crippen molar-refractivity contribution in [1.82, 2.24) is 25.4 Å². The molecule has 1 unspecified atom stereocenters. The van der Waals surface area contributed by atoms with Crippen LogP contribution in [0.3, 0.4) is 0 Å². The zero-order chi connectivity index (χ0) is 16.9. The number of likely N-dealkylation sites (tertiary alicyclic amines) is 1. The highest BCUT2D eigenvalue weighted by Crippen LogP contribution is 2.36. The minimum atomic E-state index is -2.85. The Hall–Kier alpha value is -2.10. The number of H-pyrrole nitrogens is 1. The molecule has 1 aliphatic heterocycles. The van der Waals surface area contributed by atoms with Crippen LogP contribution in [0.5, 0.6) is 0 Å². The van der Waals surface area contributed by atoms with Gasteiger partial charge in [-0.3, -0.25) is 19.6 Å². The van der Waals surface area contributed by atoms with E-state index in [1.54, 1.807) is 0 Å². The van der Waals surface area contributed by atoms with E-state index in [-0.39, 0.29) is 31.5 Å². The van der Waals surface area contributed by atoms with Gasteiger partial charge in [-0.05, 0) is 19.3 Å². The third kappa shape index (κ3) is 4.01. The van der Waals surface area contributed by atoms with Gasteiger partial charge in [0.15, 0.2) is 11.5 Å². The molecular weight excluding hydrogens is 310 g/mol. The molecule has 128 valence electrons. The number of aromatic amines is 1. The van der Waals surface area contributed by atoms with Gasteiger partial charge in [0.1, 0.15) is 6.33 Å². The first-order chi connectivity index (χ1) is 10.9. The lowest BCUT2D eigenvalue weighted by molar-refractivity contribution is -0.128. The van der Waals surface area contributed by atoms with Crippen LogP contribution in [-0.4, -0.2) is 51.4 Å². The fraction of sp³-hybridized carbons (Fsp3) is 0.692. The topological polar surface area (TPSA) is 117 Å². The first-order valence-corrected chi connectivity index (χ1v) is 7.38. The van der Waals surface area contributed by atoms with Gasteiger partial charge in [-0.25, -0.2) is 13.8 Å². The van der Waals surface area contributed by atoms with Crippen molar-refractivity contribution < 1.29 is 18.4 Å². The number of nitrogens with one attached hydrogen (secondary N) is 2. The Bertz CT molecular complexity index is 539. The number of amides is 2. The van der Waals surface area contributed by atoms with Gasteiger partial charge in [0, 0.05) is 19.4 Å². The SMILES string of the molecule is NC(=O)CCCC(NC=O)(c1nc[nH]n1)N1CCCC(F)(F)C1. The summed E-state index contributed by atoms with van der Waals surface area (Å²) in [6.45, 7) is -0.152. The molecule has 1 aliphatic rings. The zero-order valence-corrected chi connectivity index (χ0v) is 12.6. The number of hydrogen-bond acceptors (Lipinski definition) is 5. The van der Waals surface area contributed by atoms with Crippen molar-refractivity contribution in [3.05, 3.63) is 12.2 Å².